The summed E-state index contributed by atoms with van der Waals surface area (Å²) in [4.78, 5) is 29.5. The zero-order valence-electron chi connectivity index (χ0n) is 36.1. The van der Waals surface area contributed by atoms with Gasteiger partial charge in [-0.1, -0.05) is 97.1 Å². The summed E-state index contributed by atoms with van der Waals surface area (Å²) in [5.74, 6) is 3.03. The molecule has 10 rings (SSSR count). The van der Waals surface area contributed by atoms with Gasteiger partial charge in [-0.15, -0.1) is 24.8 Å². The van der Waals surface area contributed by atoms with Crippen molar-refractivity contribution in [3.63, 3.8) is 0 Å². The molecule has 0 radical (unpaired) electrons. The topological polar surface area (TPSA) is 85.4 Å². The number of piperidine rings is 2. The maximum atomic E-state index is 12.3. The molecule has 332 valence electrons. The van der Waals surface area contributed by atoms with Crippen molar-refractivity contribution in [2.45, 2.75) is 38.5 Å². The lowest BCUT2D eigenvalue weighted by molar-refractivity contribution is 0.155. The van der Waals surface area contributed by atoms with E-state index in [9.17, 15) is 9.59 Å². The van der Waals surface area contributed by atoms with E-state index in [0.717, 1.165) is 84.1 Å². The van der Waals surface area contributed by atoms with E-state index in [-0.39, 0.29) is 36.1 Å². The number of benzene rings is 6. The van der Waals surface area contributed by atoms with E-state index in [4.69, 9.17) is 18.3 Å². The van der Waals surface area contributed by atoms with Crippen molar-refractivity contribution >= 4 is 68.3 Å². The fourth-order valence-corrected chi connectivity index (χ4v) is 9.21. The Hall–Kier alpha value is -5.64. The first-order valence-electron chi connectivity index (χ1n) is 22.2. The van der Waals surface area contributed by atoms with Gasteiger partial charge >= 0.3 is 11.3 Å². The highest BCUT2D eigenvalue weighted by Gasteiger charge is 2.21. The van der Waals surface area contributed by atoms with Crippen molar-refractivity contribution in [1.82, 2.24) is 9.80 Å². The Morgan fingerprint density at radius 2 is 0.797 bits per heavy atom. The predicted molar refractivity (Wildman–Crippen MR) is 264 cm³/mol. The van der Waals surface area contributed by atoms with Gasteiger partial charge in [-0.25, -0.2) is 9.59 Å². The van der Waals surface area contributed by atoms with Crippen LogP contribution in [0.2, 0.25) is 0 Å². The highest BCUT2D eigenvalue weighted by molar-refractivity contribution is 6.05. The molecule has 64 heavy (non-hydrogen) atoms. The summed E-state index contributed by atoms with van der Waals surface area (Å²) in [6, 6.07) is 48.2. The van der Waals surface area contributed by atoms with Gasteiger partial charge in [0.2, 0.25) is 0 Å². The molecule has 8 nitrogen and oxygen atoms in total. The molecule has 0 atom stereocenters. The van der Waals surface area contributed by atoms with E-state index < -0.39 is 0 Å². The van der Waals surface area contributed by atoms with Crippen LogP contribution in [0.1, 0.15) is 36.8 Å². The Bertz CT molecular complexity index is 2660. The molecule has 0 N–H and O–H groups in total. The lowest BCUT2D eigenvalue weighted by Crippen LogP contribution is -2.37. The van der Waals surface area contributed by atoms with Crippen LogP contribution < -0.4 is 20.7 Å². The normalized spacial score (nSPS) is 15.0. The number of fused-ring (bicyclic) bond motifs is 6. The van der Waals surface area contributed by atoms with E-state index in [2.05, 4.69) is 70.5 Å². The monoisotopic (exact) mass is 898 g/mol. The van der Waals surface area contributed by atoms with Crippen molar-refractivity contribution in [3.05, 3.63) is 178 Å². The summed E-state index contributed by atoms with van der Waals surface area (Å²) in [6.45, 7) is 7.59. The van der Waals surface area contributed by atoms with Crippen LogP contribution in [0.4, 0.5) is 0 Å². The lowest BCUT2D eigenvalue weighted by atomic mass is 9.90. The molecule has 0 aliphatic carbocycles. The second-order valence-electron chi connectivity index (χ2n) is 16.8. The number of nitrogens with zero attached hydrogens (tertiary/aromatic N) is 2. The molecule has 0 spiro atoms. The van der Waals surface area contributed by atoms with Crippen molar-refractivity contribution < 1.29 is 18.3 Å². The number of ether oxygens (including phenoxy) is 2. The zero-order chi connectivity index (χ0) is 42.1. The van der Waals surface area contributed by atoms with Crippen LogP contribution in [0.3, 0.4) is 0 Å². The van der Waals surface area contributed by atoms with Crippen molar-refractivity contribution in [1.29, 1.82) is 0 Å². The van der Waals surface area contributed by atoms with Gasteiger partial charge in [0.15, 0.2) is 0 Å². The first-order valence-corrected chi connectivity index (χ1v) is 22.2. The Morgan fingerprint density at radius 1 is 0.438 bits per heavy atom. The third-order valence-electron chi connectivity index (χ3n) is 12.7. The molecule has 0 unspecified atom stereocenters. The Kier molecular flexibility index (Phi) is 16.2. The van der Waals surface area contributed by atoms with E-state index in [1.54, 1.807) is 12.1 Å². The van der Waals surface area contributed by atoms with Gasteiger partial charge < -0.3 is 18.3 Å². The van der Waals surface area contributed by atoms with Crippen LogP contribution in [-0.4, -0.2) is 62.3 Å². The molecule has 0 bridgehead atoms. The molecule has 2 saturated heterocycles. The predicted octanol–water partition coefficient (Wildman–Crippen LogP) is 11.4. The third-order valence-corrected chi connectivity index (χ3v) is 12.7. The van der Waals surface area contributed by atoms with Gasteiger partial charge in [-0.3, -0.25) is 9.80 Å². The number of hydrogen-bond donors (Lipinski definition) is 0. The molecule has 2 aromatic heterocycles. The highest BCUT2D eigenvalue weighted by Crippen LogP contribution is 2.29. The minimum atomic E-state index is -0.307. The molecule has 2 aliphatic heterocycles. The van der Waals surface area contributed by atoms with Gasteiger partial charge in [0.1, 0.15) is 35.9 Å². The number of halogens is 2. The molecule has 2 aliphatic rings. The summed E-state index contributed by atoms with van der Waals surface area (Å²) in [5, 5.41) is 4.92. The van der Waals surface area contributed by atoms with Crippen LogP contribution in [-0.2, 0) is 12.8 Å². The van der Waals surface area contributed by atoms with Crippen LogP contribution in [0.5, 0.6) is 11.5 Å². The first-order chi connectivity index (χ1) is 30.5. The Balaban J connectivity index is 0.000000186. The van der Waals surface area contributed by atoms with Crippen molar-refractivity contribution in [3.8, 4) is 11.5 Å². The average Bonchev–Trinajstić information content (AvgIpc) is 3.31. The third kappa shape index (κ3) is 11.5. The van der Waals surface area contributed by atoms with Crippen LogP contribution in [0.15, 0.2) is 164 Å². The van der Waals surface area contributed by atoms with Crippen molar-refractivity contribution in [2.24, 2.45) is 11.8 Å². The van der Waals surface area contributed by atoms with Gasteiger partial charge in [0, 0.05) is 36.0 Å². The summed E-state index contributed by atoms with van der Waals surface area (Å²) >= 11 is 0. The van der Waals surface area contributed by atoms with Crippen LogP contribution >= 0.6 is 24.8 Å². The quantitative estimate of drug-likeness (QED) is 0.0885. The lowest BCUT2D eigenvalue weighted by Gasteiger charge is -2.31. The van der Waals surface area contributed by atoms with Gasteiger partial charge in [0.25, 0.3) is 0 Å². The molecule has 0 saturated carbocycles. The molecule has 10 heteroatoms. The van der Waals surface area contributed by atoms with Crippen molar-refractivity contribution in [2.75, 3.05) is 52.5 Å². The largest absolute Gasteiger partial charge is 0.492 e. The average molecular weight is 900 g/mol. The Morgan fingerprint density at radius 3 is 1.19 bits per heavy atom. The number of rotatable bonds is 12. The van der Waals surface area contributed by atoms with Gasteiger partial charge in [-0.05, 0) is 135 Å². The fourth-order valence-electron chi connectivity index (χ4n) is 9.21. The summed E-state index contributed by atoms with van der Waals surface area (Å²) in [6.07, 6.45) is 7.32. The molecule has 8 aromatic rings. The van der Waals surface area contributed by atoms with Crippen LogP contribution in [0, 0.1) is 11.8 Å². The molecule has 6 aromatic carbocycles. The van der Waals surface area contributed by atoms with Crippen LogP contribution in [0.25, 0.3) is 43.5 Å². The SMILES string of the molecule is Cl.Cl.O=c1oc2cc(OCCN3CCC(Cc4ccccc4)CC3)ccc2c2ccccc12.O=c1oc2cc(OCCN3CCC(Cc4ccccc4)CC3)ccc2c2ccccc12. The fraction of sp³-hybridized carbons (Fsp3) is 0.296. The van der Waals surface area contributed by atoms with Gasteiger partial charge in [-0.2, -0.15) is 0 Å². The van der Waals surface area contributed by atoms with E-state index in [0.29, 0.717) is 35.2 Å². The molecule has 2 fully saturated rings. The maximum Gasteiger partial charge on any atom is 0.344 e. The highest BCUT2D eigenvalue weighted by atomic mass is 35.5. The second-order valence-corrected chi connectivity index (χ2v) is 16.8. The minimum absolute atomic E-state index is 0. The Labute approximate surface area is 386 Å². The second kappa shape index (κ2) is 22.3. The molecular weight excluding hydrogens is 844 g/mol. The van der Waals surface area contributed by atoms with E-state index >= 15 is 0 Å². The van der Waals surface area contributed by atoms with E-state index in [1.807, 2.05) is 72.8 Å². The summed E-state index contributed by atoms with van der Waals surface area (Å²) in [5.41, 5.74) is 3.42. The van der Waals surface area contributed by atoms with Gasteiger partial charge in [0.05, 0.1) is 10.8 Å². The van der Waals surface area contributed by atoms with E-state index in [1.165, 1.54) is 49.7 Å². The number of likely N-dealkylation sites (tertiary alicyclic amines) is 2. The minimum Gasteiger partial charge on any atom is -0.492 e. The smallest absolute Gasteiger partial charge is 0.344 e. The summed E-state index contributed by atoms with van der Waals surface area (Å²) < 4.78 is 23.0. The summed E-state index contributed by atoms with van der Waals surface area (Å²) in [7, 11) is 0. The number of hydrogen-bond acceptors (Lipinski definition) is 8. The first kappa shape index (κ1) is 46.4. The molecular formula is C54H56Cl2N2O6. The maximum absolute atomic E-state index is 12.3. The zero-order valence-corrected chi connectivity index (χ0v) is 37.7. The molecule has 4 heterocycles. The molecule has 0 amide bonds. The standard InChI is InChI=1S/2C27H27NO3.2ClH/c2*29-27-25-9-5-4-8-23(25)24-11-10-22(19-26(24)31-27)30-17-16-28-14-12-21(13-15-28)18-20-6-2-1-3-7-20;;/h2*1-11,19,21H,12-18H2;2*1H.